The molecule has 0 aliphatic heterocycles. The second-order valence-electron chi connectivity index (χ2n) is 2.76. The molecule has 0 aliphatic carbocycles. The standard InChI is InChI=1S/C8H10FN3O3/c9-3-5(13)4-11-8-10-2-1-6(12-8)7(14)15/h1-2,5,13H,3-4H2,(H,14,15)(H,10,11,12). The smallest absolute Gasteiger partial charge is 0.354 e. The Morgan fingerprint density at radius 1 is 1.67 bits per heavy atom. The van der Waals surface area contributed by atoms with Crippen LogP contribution < -0.4 is 5.32 Å². The molecule has 0 bridgehead atoms. The van der Waals surface area contributed by atoms with Crippen molar-refractivity contribution in [2.75, 3.05) is 18.5 Å². The van der Waals surface area contributed by atoms with Crippen LogP contribution in [-0.2, 0) is 0 Å². The summed E-state index contributed by atoms with van der Waals surface area (Å²) in [7, 11) is 0. The number of anilines is 1. The fraction of sp³-hybridized carbons (Fsp3) is 0.375. The number of aromatic nitrogens is 2. The number of alkyl halides is 1. The Labute approximate surface area is 84.8 Å². The van der Waals surface area contributed by atoms with Crippen LogP contribution in [0.5, 0.6) is 0 Å². The lowest BCUT2D eigenvalue weighted by Crippen LogP contribution is -2.22. The third-order valence-corrected chi connectivity index (χ3v) is 1.55. The number of aliphatic hydroxyl groups excluding tert-OH is 1. The SMILES string of the molecule is O=C(O)c1ccnc(NCC(O)CF)n1. The minimum atomic E-state index is -1.17. The van der Waals surface area contributed by atoms with Gasteiger partial charge < -0.3 is 15.5 Å². The van der Waals surface area contributed by atoms with E-state index in [0.29, 0.717) is 0 Å². The van der Waals surface area contributed by atoms with Crippen LogP contribution in [-0.4, -0.2) is 45.5 Å². The molecule has 1 aromatic heterocycles. The summed E-state index contributed by atoms with van der Waals surface area (Å²) in [6.45, 7) is -0.953. The Morgan fingerprint density at radius 2 is 2.40 bits per heavy atom. The minimum absolute atomic E-state index is 0.0439. The summed E-state index contributed by atoms with van der Waals surface area (Å²) in [6, 6.07) is 1.24. The highest BCUT2D eigenvalue weighted by Gasteiger charge is 2.07. The van der Waals surface area contributed by atoms with Gasteiger partial charge in [0.2, 0.25) is 5.95 Å². The molecule has 1 aromatic rings. The fourth-order valence-corrected chi connectivity index (χ4v) is 0.827. The Hall–Kier alpha value is -1.76. The zero-order valence-electron chi connectivity index (χ0n) is 7.72. The lowest BCUT2D eigenvalue weighted by molar-refractivity contribution is 0.0690. The molecule has 0 radical (unpaired) electrons. The summed E-state index contributed by atoms with van der Waals surface area (Å²) >= 11 is 0. The first-order chi connectivity index (χ1) is 7.13. The first-order valence-corrected chi connectivity index (χ1v) is 4.17. The van der Waals surface area contributed by atoms with E-state index in [4.69, 9.17) is 10.2 Å². The van der Waals surface area contributed by atoms with Crippen molar-refractivity contribution in [1.29, 1.82) is 0 Å². The van der Waals surface area contributed by atoms with E-state index in [9.17, 15) is 9.18 Å². The molecule has 1 heterocycles. The summed E-state index contributed by atoms with van der Waals surface area (Å²) in [5, 5.41) is 20.0. The van der Waals surface area contributed by atoms with Crippen molar-refractivity contribution in [1.82, 2.24) is 9.97 Å². The van der Waals surface area contributed by atoms with E-state index >= 15 is 0 Å². The Balaban J connectivity index is 2.62. The number of hydrogen-bond acceptors (Lipinski definition) is 5. The van der Waals surface area contributed by atoms with E-state index in [1.807, 2.05) is 0 Å². The normalized spacial score (nSPS) is 12.1. The number of hydrogen-bond donors (Lipinski definition) is 3. The van der Waals surface area contributed by atoms with Crippen molar-refractivity contribution in [2.24, 2.45) is 0 Å². The van der Waals surface area contributed by atoms with Gasteiger partial charge in [0, 0.05) is 12.7 Å². The van der Waals surface area contributed by atoms with Gasteiger partial charge in [0.15, 0.2) is 5.69 Å². The average Bonchev–Trinajstić information content (AvgIpc) is 2.26. The molecule has 0 aromatic carbocycles. The molecule has 6 nitrogen and oxygen atoms in total. The predicted molar refractivity (Wildman–Crippen MR) is 49.5 cm³/mol. The van der Waals surface area contributed by atoms with Gasteiger partial charge in [-0.3, -0.25) is 0 Å². The molecule has 0 amide bonds. The lowest BCUT2D eigenvalue weighted by Gasteiger charge is -2.07. The third kappa shape index (κ3) is 3.47. The van der Waals surface area contributed by atoms with Crippen molar-refractivity contribution in [2.45, 2.75) is 6.10 Å². The van der Waals surface area contributed by atoms with Crippen LogP contribution in [0.3, 0.4) is 0 Å². The van der Waals surface area contributed by atoms with E-state index in [1.54, 1.807) is 0 Å². The van der Waals surface area contributed by atoms with Gasteiger partial charge in [-0.1, -0.05) is 0 Å². The summed E-state index contributed by atoms with van der Waals surface area (Å²) < 4.78 is 11.9. The zero-order chi connectivity index (χ0) is 11.3. The molecule has 0 saturated heterocycles. The quantitative estimate of drug-likeness (QED) is 0.635. The Bertz CT molecular complexity index is 348. The number of halogens is 1. The topological polar surface area (TPSA) is 95.3 Å². The maximum absolute atomic E-state index is 11.9. The maximum atomic E-state index is 11.9. The number of rotatable bonds is 5. The van der Waals surface area contributed by atoms with Crippen molar-refractivity contribution in [3.8, 4) is 0 Å². The second-order valence-corrected chi connectivity index (χ2v) is 2.76. The van der Waals surface area contributed by atoms with Crippen molar-refractivity contribution >= 4 is 11.9 Å². The van der Waals surface area contributed by atoms with Crippen LogP contribution in [0.25, 0.3) is 0 Å². The van der Waals surface area contributed by atoms with E-state index in [0.717, 1.165) is 0 Å². The molecule has 0 spiro atoms. The van der Waals surface area contributed by atoms with E-state index in [2.05, 4.69) is 15.3 Å². The van der Waals surface area contributed by atoms with Gasteiger partial charge in [-0.25, -0.2) is 19.2 Å². The minimum Gasteiger partial charge on any atom is -0.477 e. The first-order valence-electron chi connectivity index (χ1n) is 4.17. The van der Waals surface area contributed by atoms with Gasteiger partial charge in [0.1, 0.15) is 6.67 Å². The van der Waals surface area contributed by atoms with Gasteiger partial charge in [-0.15, -0.1) is 0 Å². The Kier molecular flexibility index (Phi) is 3.92. The summed E-state index contributed by atoms with van der Waals surface area (Å²) in [5.41, 5.74) is -0.165. The van der Waals surface area contributed by atoms with E-state index < -0.39 is 18.7 Å². The van der Waals surface area contributed by atoms with Crippen LogP contribution >= 0.6 is 0 Å². The zero-order valence-corrected chi connectivity index (χ0v) is 7.72. The third-order valence-electron chi connectivity index (χ3n) is 1.55. The second kappa shape index (κ2) is 5.20. The molecule has 0 fully saturated rings. The van der Waals surface area contributed by atoms with Crippen LogP contribution in [0.1, 0.15) is 10.5 Å². The molecule has 15 heavy (non-hydrogen) atoms. The van der Waals surface area contributed by atoms with Gasteiger partial charge >= 0.3 is 5.97 Å². The van der Waals surface area contributed by atoms with Crippen LogP contribution in [0.15, 0.2) is 12.3 Å². The van der Waals surface area contributed by atoms with Crippen molar-refractivity contribution in [3.63, 3.8) is 0 Å². The number of aromatic carboxylic acids is 1. The highest BCUT2D eigenvalue weighted by atomic mass is 19.1. The largest absolute Gasteiger partial charge is 0.477 e. The molecular formula is C8H10FN3O3. The average molecular weight is 215 g/mol. The highest BCUT2D eigenvalue weighted by molar-refractivity contribution is 5.85. The number of nitrogens with one attached hydrogen (secondary N) is 1. The summed E-state index contributed by atoms with van der Waals surface area (Å²) in [4.78, 5) is 17.9. The molecule has 0 saturated carbocycles. The molecule has 7 heteroatoms. The molecule has 3 N–H and O–H groups in total. The van der Waals surface area contributed by atoms with Gasteiger partial charge in [0.25, 0.3) is 0 Å². The van der Waals surface area contributed by atoms with Gasteiger partial charge in [-0.05, 0) is 6.07 Å². The molecular weight excluding hydrogens is 205 g/mol. The number of carboxylic acids is 1. The molecule has 82 valence electrons. The predicted octanol–water partition coefficient (Wildman–Crippen LogP) is -0.0829. The first kappa shape index (κ1) is 11.3. The van der Waals surface area contributed by atoms with E-state index in [1.165, 1.54) is 12.3 Å². The lowest BCUT2D eigenvalue weighted by atomic mass is 10.4. The highest BCUT2D eigenvalue weighted by Crippen LogP contribution is 2.00. The van der Waals surface area contributed by atoms with Crippen molar-refractivity contribution < 1.29 is 19.4 Å². The summed E-state index contributed by atoms with van der Waals surface area (Å²) in [6.07, 6.45) is 0.114. The van der Waals surface area contributed by atoms with Crippen LogP contribution in [0.2, 0.25) is 0 Å². The number of aliphatic hydroxyl groups is 1. The number of carbonyl (C=O) groups is 1. The number of carboxylic acid groups (broad SMARTS) is 1. The monoisotopic (exact) mass is 215 g/mol. The molecule has 1 unspecified atom stereocenters. The molecule has 0 aliphatic rings. The molecule has 1 atom stereocenters. The van der Waals surface area contributed by atoms with Gasteiger partial charge in [0.05, 0.1) is 6.10 Å². The van der Waals surface area contributed by atoms with Gasteiger partial charge in [-0.2, -0.15) is 0 Å². The Morgan fingerprint density at radius 3 is 3.00 bits per heavy atom. The fourth-order valence-electron chi connectivity index (χ4n) is 0.827. The van der Waals surface area contributed by atoms with Crippen LogP contribution in [0, 0.1) is 0 Å². The number of nitrogens with zero attached hydrogens (tertiary/aromatic N) is 2. The van der Waals surface area contributed by atoms with Crippen LogP contribution in [0.4, 0.5) is 10.3 Å². The molecule has 1 rings (SSSR count). The van der Waals surface area contributed by atoms with Crippen molar-refractivity contribution in [3.05, 3.63) is 18.0 Å². The maximum Gasteiger partial charge on any atom is 0.354 e. The van der Waals surface area contributed by atoms with E-state index in [-0.39, 0.29) is 18.2 Å². The summed E-state index contributed by atoms with van der Waals surface area (Å²) in [5.74, 6) is -1.13.